The summed E-state index contributed by atoms with van der Waals surface area (Å²) in [6.45, 7) is 5.14. The lowest BCUT2D eigenvalue weighted by atomic mass is 9.81. The van der Waals surface area contributed by atoms with Crippen molar-refractivity contribution in [1.29, 1.82) is 0 Å². The number of thiophene rings is 1. The van der Waals surface area contributed by atoms with Gasteiger partial charge in [-0.25, -0.2) is 0 Å². The monoisotopic (exact) mass is 281 g/mol. The van der Waals surface area contributed by atoms with Crippen LogP contribution in [-0.2, 0) is 4.74 Å². The van der Waals surface area contributed by atoms with Gasteiger partial charge in [0, 0.05) is 11.5 Å². The Kier molecular flexibility index (Phi) is 5.86. The molecule has 0 aromatic carbocycles. The third kappa shape index (κ3) is 3.59. The molecule has 0 saturated heterocycles. The van der Waals surface area contributed by atoms with Gasteiger partial charge in [-0.3, -0.25) is 0 Å². The molecule has 2 unspecified atom stereocenters. The zero-order valence-corrected chi connectivity index (χ0v) is 13.3. The lowest BCUT2D eigenvalue weighted by Gasteiger charge is -2.35. The van der Waals surface area contributed by atoms with Crippen LogP contribution in [0.4, 0.5) is 0 Å². The molecular formula is C16H27NOS. The fraction of sp³-hybridized carbons (Fsp3) is 0.750. The summed E-state index contributed by atoms with van der Waals surface area (Å²) in [5, 5.41) is 5.70. The summed E-state index contributed by atoms with van der Waals surface area (Å²) in [5.41, 5.74) is 1.43. The van der Waals surface area contributed by atoms with Gasteiger partial charge in [0.1, 0.15) is 0 Å². The second-order valence-corrected chi connectivity index (χ2v) is 6.64. The fourth-order valence-electron chi connectivity index (χ4n) is 3.37. The van der Waals surface area contributed by atoms with Crippen molar-refractivity contribution in [1.82, 2.24) is 5.32 Å². The molecule has 0 spiro atoms. The lowest BCUT2D eigenvalue weighted by molar-refractivity contribution is -0.0168. The third-order valence-electron chi connectivity index (χ3n) is 4.35. The fourth-order valence-corrected chi connectivity index (χ4v) is 4.12. The molecule has 19 heavy (non-hydrogen) atoms. The van der Waals surface area contributed by atoms with Crippen molar-refractivity contribution in [3.63, 3.8) is 0 Å². The molecule has 1 aromatic heterocycles. The lowest BCUT2D eigenvalue weighted by Crippen LogP contribution is -2.38. The van der Waals surface area contributed by atoms with Crippen molar-refractivity contribution in [2.45, 2.75) is 58.1 Å². The summed E-state index contributed by atoms with van der Waals surface area (Å²) in [5.74, 6) is 0.713. The van der Waals surface area contributed by atoms with E-state index in [2.05, 4.69) is 37.7 Å². The topological polar surface area (TPSA) is 21.3 Å². The number of likely N-dealkylation sites (N-methyl/N-ethyl adjacent to an activating group) is 1. The largest absolute Gasteiger partial charge is 0.376 e. The van der Waals surface area contributed by atoms with E-state index < -0.39 is 0 Å². The molecule has 1 saturated carbocycles. The van der Waals surface area contributed by atoms with Gasteiger partial charge < -0.3 is 10.1 Å². The summed E-state index contributed by atoms with van der Waals surface area (Å²) in [7, 11) is 2.07. The van der Waals surface area contributed by atoms with Gasteiger partial charge in [-0.1, -0.05) is 19.3 Å². The van der Waals surface area contributed by atoms with Crippen LogP contribution >= 0.6 is 11.3 Å². The van der Waals surface area contributed by atoms with Crippen LogP contribution < -0.4 is 5.32 Å². The van der Waals surface area contributed by atoms with Crippen LogP contribution in [0.25, 0.3) is 0 Å². The number of ether oxygens (including phenoxy) is 1. The predicted molar refractivity (Wildman–Crippen MR) is 82.8 cm³/mol. The smallest absolute Gasteiger partial charge is 0.0797 e. The van der Waals surface area contributed by atoms with Crippen LogP contribution in [0.3, 0.4) is 0 Å². The van der Waals surface area contributed by atoms with Gasteiger partial charge in [0.2, 0.25) is 0 Å². The zero-order chi connectivity index (χ0) is 13.7. The Labute approximate surface area is 121 Å². The zero-order valence-electron chi connectivity index (χ0n) is 12.4. The molecule has 0 radical (unpaired) electrons. The maximum atomic E-state index is 6.16. The molecule has 1 aliphatic carbocycles. The summed E-state index contributed by atoms with van der Waals surface area (Å²) in [6, 6.07) is 2.60. The molecular weight excluding hydrogens is 254 g/mol. The molecule has 0 aliphatic heterocycles. The first-order chi connectivity index (χ1) is 9.27. The minimum Gasteiger partial charge on any atom is -0.376 e. The van der Waals surface area contributed by atoms with Crippen molar-refractivity contribution in [2.75, 3.05) is 13.7 Å². The van der Waals surface area contributed by atoms with Crippen LogP contribution in [0, 0.1) is 12.8 Å². The Hall–Kier alpha value is -0.380. The first-order valence-electron chi connectivity index (χ1n) is 7.60. The van der Waals surface area contributed by atoms with Crippen LogP contribution in [0.15, 0.2) is 11.4 Å². The SMILES string of the molecule is CCOC(C1CCCCC1)C(NC)c1ccsc1C. The Morgan fingerprint density at radius 2 is 2.11 bits per heavy atom. The highest BCUT2D eigenvalue weighted by Crippen LogP contribution is 2.36. The number of hydrogen-bond acceptors (Lipinski definition) is 3. The minimum absolute atomic E-state index is 0.323. The van der Waals surface area contributed by atoms with Crippen molar-refractivity contribution in [3.05, 3.63) is 21.9 Å². The van der Waals surface area contributed by atoms with Crippen molar-refractivity contribution in [2.24, 2.45) is 5.92 Å². The van der Waals surface area contributed by atoms with Crippen LogP contribution in [-0.4, -0.2) is 19.8 Å². The average Bonchev–Trinajstić information content (AvgIpc) is 2.86. The molecule has 2 atom stereocenters. The molecule has 3 heteroatoms. The van der Waals surface area contributed by atoms with Gasteiger partial charge in [-0.05, 0) is 56.7 Å². The van der Waals surface area contributed by atoms with E-state index in [0.29, 0.717) is 18.1 Å². The Morgan fingerprint density at radius 3 is 2.63 bits per heavy atom. The van der Waals surface area contributed by atoms with Gasteiger partial charge in [0.05, 0.1) is 12.1 Å². The number of hydrogen-bond donors (Lipinski definition) is 1. The maximum absolute atomic E-state index is 6.16. The van der Waals surface area contributed by atoms with E-state index in [1.165, 1.54) is 42.5 Å². The van der Waals surface area contributed by atoms with E-state index in [-0.39, 0.29) is 0 Å². The molecule has 0 amide bonds. The van der Waals surface area contributed by atoms with Gasteiger partial charge in [0.25, 0.3) is 0 Å². The van der Waals surface area contributed by atoms with Crippen LogP contribution in [0.2, 0.25) is 0 Å². The Balaban J connectivity index is 2.17. The van der Waals surface area contributed by atoms with Crippen LogP contribution in [0.5, 0.6) is 0 Å². The maximum Gasteiger partial charge on any atom is 0.0797 e. The number of rotatable bonds is 6. The van der Waals surface area contributed by atoms with Gasteiger partial charge >= 0.3 is 0 Å². The molecule has 2 nitrogen and oxygen atoms in total. The van der Waals surface area contributed by atoms with Gasteiger partial charge in [-0.2, -0.15) is 0 Å². The average molecular weight is 281 g/mol. The summed E-state index contributed by atoms with van der Waals surface area (Å²) in [6.07, 6.45) is 7.11. The third-order valence-corrected chi connectivity index (χ3v) is 5.21. The Morgan fingerprint density at radius 1 is 1.37 bits per heavy atom. The molecule has 0 bridgehead atoms. The molecule has 108 valence electrons. The molecule has 1 aromatic rings. The highest BCUT2D eigenvalue weighted by Gasteiger charge is 2.32. The van der Waals surface area contributed by atoms with E-state index in [1.807, 2.05) is 11.3 Å². The molecule has 2 rings (SSSR count). The number of nitrogens with one attached hydrogen (secondary N) is 1. The van der Waals surface area contributed by atoms with Crippen molar-refractivity contribution < 1.29 is 4.74 Å². The van der Waals surface area contributed by atoms with E-state index in [1.54, 1.807) is 0 Å². The second kappa shape index (κ2) is 7.41. The second-order valence-electron chi connectivity index (χ2n) is 5.52. The summed E-state index contributed by atoms with van der Waals surface area (Å²) in [4.78, 5) is 1.42. The van der Waals surface area contributed by atoms with E-state index >= 15 is 0 Å². The summed E-state index contributed by atoms with van der Waals surface area (Å²) >= 11 is 1.83. The van der Waals surface area contributed by atoms with Gasteiger partial charge in [-0.15, -0.1) is 11.3 Å². The van der Waals surface area contributed by atoms with Crippen LogP contribution in [0.1, 0.15) is 55.5 Å². The quantitative estimate of drug-likeness (QED) is 0.839. The van der Waals surface area contributed by atoms with Gasteiger partial charge in [0.15, 0.2) is 0 Å². The Bertz CT molecular complexity index is 371. The summed E-state index contributed by atoms with van der Waals surface area (Å²) < 4.78 is 6.16. The molecule has 1 N–H and O–H groups in total. The molecule has 1 heterocycles. The van der Waals surface area contributed by atoms with E-state index in [0.717, 1.165) is 6.61 Å². The van der Waals surface area contributed by atoms with E-state index in [4.69, 9.17) is 4.74 Å². The van der Waals surface area contributed by atoms with Crippen molar-refractivity contribution >= 4 is 11.3 Å². The number of aryl methyl sites for hydroxylation is 1. The minimum atomic E-state index is 0.323. The van der Waals surface area contributed by atoms with E-state index in [9.17, 15) is 0 Å². The first kappa shape index (κ1) is 15.0. The molecule has 1 fully saturated rings. The standard InChI is InChI=1S/C16H27NOS/c1-4-18-16(13-8-6-5-7-9-13)15(17-3)14-10-11-19-12(14)2/h10-11,13,15-17H,4-9H2,1-3H3. The van der Waals surface area contributed by atoms with Crippen molar-refractivity contribution in [3.8, 4) is 0 Å². The first-order valence-corrected chi connectivity index (χ1v) is 8.48. The highest BCUT2D eigenvalue weighted by molar-refractivity contribution is 7.10. The molecule has 1 aliphatic rings. The predicted octanol–water partition coefficient (Wildman–Crippen LogP) is 4.30. The normalized spacial score (nSPS) is 20.4. The highest BCUT2D eigenvalue weighted by atomic mass is 32.1.